The third kappa shape index (κ3) is 2.64. The largest absolute Gasteiger partial charge is 0.268 e. The van der Waals surface area contributed by atoms with Crippen LogP contribution < -0.4 is 0 Å². The molecule has 0 N–H and O–H groups in total. The maximum atomic E-state index is 11.8. The van der Waals surface area contributed by atoms with Crippen LogP contribution in [0.4, 0.5) is 0 Å². The molecule has 18 heavy (non-hydrogen) atoms. The molecule has 96 valence electrons. The second kappa shape index (κ2) is 4.61. The van der Waals surface area contributed by atoms with Crippen LogP contribution in [-0.2, 0) is 18.0 Å². The van der Waals surface area contributed by atoms with Gasteiger partial charge in [0.2, 0.25) is 0 Å². The monoisotopic (exact) mass is 264 g/mol. The van der Waals surface area contributed by atoms with Crippen molar-refractivity contribution >= 4 is 28.1 Å². The zero-order chi connectivity index (χ0) is 13.3. The van der Waals surface area contributed by atoms with Crippen molar-refractivity contribution in [1.29, 1.82) is 0 Å². The first-order chi connectivity index (χ1) is 8.38. The van der Waals surface area contributed by atoms with Crippen LogP contribution in [0.3, 0.4) is 0 Å². The number of rotatable bonds is 2. The average molecular weight is 264 g/mol. The van der Waals surface area contributed by atoms with Crippen molar-refractivity contribution in [1.82, 2.24) is 14.8 Å². The Kier molecular flexibility index (Phi) is 3.30. The Balaban J connectivity index is 2.30. The van der Waals surface area contributed by atoms with Gasteiger partial charge in [0.1, 0.15) is 11.0 Å². The van der Waals surface area contributed by atoms with Crippen LogP contribution in [0.1, 0.15) is 26.5 Å². The molecule has 2 aromatic rings. The SMILES string of the molecule is Cn1ncc2cnc(C=N[S@](=O)C(C)(C)C)cc21. The average Bonchev–Trinajstić information content (AvgIpc) is 2.66. The van der Waals surface area contributed by atoms with Crippen molar-refractivity contribution in [3.05, 3.63) is 24.2 Å². The molecule has 0 bridgehead atoms. The first kappa shape index (κ1) is 12.9. The molecule has 0 aliphatic carbocycles. The van der Waals surface area contributed by atoms with E-state index in [4.69, 9.17) is 0 Å². The highest BCUT2D eigenvalue weighted by molar-refractivity contribution is 7.85. The molecule has 0 aliphatic rings. The lowest BCUT2D eigenvalue weighted by atomic mass is 10.3. The first-order valence-corrected chi connectivity index (χ1v) is 6.72. The van der Waals surface area contributed by atoms with Crippen molar-refractivity contribution in [2.24, 2.45) is 11.4 Å². The third-order valence-corrected chi connectivity index (χ3v) is 3.80. The summed E-state index contributed by atoms with van der Waals surface area (Å²) in [7, 11) is 0.611. The van der Waals surface area contributed by atoms with E-state index in [2.05, 4.69) is 14.5 Å². The first-order valence-electron chi connectivity index (χ1n) is 5.62. The van der Waals surface area contributed by atoms with Gasteiger partial charge >= 0.3 is 0 Å². The summed E-state index contributed by atoms with van der Waals surface area (Å²) >= 11 is 0. The van der Waals surface area contributed by atoms with Gasteiger partial charge in [0.25, 0.3) is 0 Å². The maximum Gasteiger partial charge on any atom is 0.144 e. The summed E-state index contributed by atoms with van der Waals surface area (Å²) in [4.78, 5) is 4.24. The Morgan fingerprint density at radius 3 is 2.78 bits per heavy atom. The molecule has 2 rings (SSSR count). The zero-order valence-electron chi connectivity index (χ0n) is 10.9. The summed E-state index contributed by atoms with van der Waals surface area (Å²) in [5, 5.41) is 5.12. The minimum Gasteiger partial charge on any atom is -0.268 e. The minimum absolute atomic E-state index is 0.354. The van der Waals surface area contributed by atoms with Gasteiger partial charge in [-0.15, -0.1) is 0 Å². The fourth-order valence-electron chi connectivity index (χ4n) is 1.39. The standard InChI is InChI=1S/C12H16N4OS/c1-12(2,3)18(17)15-8-10-5-11-9(6-13-10)7-14-16(11)4/h5-8H,1-4H3/t18-/m1/s1. The molecule has 0 aliphatic heterocycles. The highest BCUT2D eigenvalue weighted by Gasteiger charge is 2.18. The Bertz CT molecular complexity index is 625. The van der Waals surface area contributed by atoms with Gasteiger partial charge in [-0.1, -0.05) is 0 Å². The number of pyridine rings is 1. The van der Waals surface area contributed by atoms with Crippen LogP contribution >= 0.6 is 0 Å². The van der Waals surface area contributed by atoms with Gasteiger partial charge in [-0.05, 0) is 26.8 Å². The fourth-order valence-corrected chi connectivity index (χ4v) is 1.91. The van der Waals surface area contributed by atoms with Gasteiger partial charge in [-0.3, -0.25) is 9.67 Å². The van der Waals surface area contributed by atoms with Crippen LogP contribution in [0.15, 0.2) is 22.9 Å². The number of aromatic nitrogens is 3. The summed E-state index contributed by atoms with van der Waals surface area (Å²) in [6.07, 6.45) is 5.05. The molecule has 0 aromatic carbocycles. The Morgan fingerprint density at radius 1 is 1.39 bits per heavy atom. The van der Waals surface area contributed by atoms with Crippen LogP contribution in [0.25, 0.3) is 10.9 Å². The smallest absolute Gasteiger partial charge is 0.144 e. The Morgan fingerprint density at radius 2 is 2.11 bits per heavy atom. The molecule has 0 saturated carbocycles. The predicted octanol–water partition coefficient (Wildman–Crippen LogP) is 1.85. The van der Waals surface area contributed by atoms with E-state index in [1.807, 2.05) is 33.9 Å². The van der Waals surface area contributed by atoms with E-state index in [9.17, 15) is 4.21 Å². The summed E-state index contributed by atoms with van der Waals surface area (Å²) in [5.41, 5.74) is 1.66. The van der Waals surface area contributed by atoms with E-state index in [0.29, 0.717) is 5.69 Å². The third-order valence-electron chi connectivity index (χ3n) is 2.46. The van der Waals surface area contributed by atoms with Crippen LogP contribution in [0, 0.1) is 0 Å². The van der Waals surface area contributed by atoms with Gasteiger partial charge in [0.15, 0.2) is 0 Å². The zero-order valence-corrected chi connectivity index (χ0v) is 11.7. The quantitative estimate of drug-likeness (QED) is 0.778. The molecule has 2 aromatic heterocycles. The van der Waals surface area contributed by atoms with E-state index >= 15 is 0 Å². The number of nitrogens with zero attached hydrogens (tertiary/aromatic N) is 4. The maximum absolute atomic E-state index is 11.8. The van der Waals surface area contributed by atoms with Gasteiger partial charge in [-0.2, -0.15) is 9.50 Å². The number of fused-ring (bicyclic) bond motifs is 1. The highest BCUT2D eigenvalue weighted by atomic mass is 32.2. The van der Waals surface area contributed by atoms with Crippen molar-refractivity contribution in [2.45, 2.75) is 25.5 Å². The predicted molar refractivity (Wildman–Crippen MR) is 74.0 cm³/mol. The summed E-state index contributed by atoms with van der Waals surface area (Å²) in [6, 6.07) is 1.88. The lowest BCUT2D eigenvalue weighted by Gasteiger charge is -2.12. The van der Waals surface area contributed by atoms with E-state index in [1.165, 1.54) is 0 Å². The molecule has 2 heterocycles. The molecule has 5 nitrogen and oxygen atoms in total. The van der Waals surface area contributed by atoms with Gasteiger partial charge in [0.05, 0.1) is 28.4 Å². The number of aryl methyl sites for hydroxylation is 1. The van der Waals surface area contributed by atoms with Crippen molar-refractivity contribution < 1.29 is 4.21 Å². The molecule has 0 saturated heterocycles. The molecule has 0 spiro atoms. The lowest BCUT2D eigenvalue weighted by Crippen LogP contribution is -2.19. The molecule has 0 amide bonds. The molecular formula is C12H16N4OS. The topological polar surface area (TPSA) is 60.1 Å². The van der Waals surface area contributed by atoms with Gasteiger partial charge in [-0.25, -0.2) is 4.21 Å². The van der Waals surface area contributed by atoms with E-state index < -0.39 is 11.0 Å². The van der Waals surface area contributed by atoms with Crippen molar-refractivity contribution in [3.8, 4) is 0 Å². The molecule has 6 heteroatoms. The normalized spacial score (nSPS) is 14.4. The van der Waals surface area contributed by atoms with E-state index in [0.717, 1.165) is 10.9 Å². The van der Waals surface area contributed by atoms with Gasteiger partial charge in [0, 0.05) is 18.6 Å². The molecule has 0 fully saturated rings. The fraction of sp³-hybridized carbons (Fsp3) is 0.417. The molecule has 1 atom stereocenters. The Hall–Kier alpha value is -1.56. The number of hydrogen-bond acceptors (Lipinski definition) is 3. The van der Waals surface area contributed by atoms with E-state index in [1.54, 1.807) is 23.3 Å². The molecule has 0 radical (unpaired) electrons. The van der Waals surface area contributed by atoms with Crippen molar-refractivity contribution in [3.63, 3.8) is 0 Å². The summed E-state index contributed by atoms with van der Waals surface area (Å²) < 4.78 is 17.2. The van der Waals surface area contributed by atoms with E-state index in [-0.39, 0.29) is 4.75 Å². The van der Waals surface area contributed by atoms with Gasteiger partial charge < -0.3 is 0 Å². The number of hydrogen-bond donors (Lipinski definition) is 0. The van der Waals surface area contributed by atoms with Crippen LogP contribution in [-0.4, -0.2) is 29.9 Å². The Labute approximate surface area is 109 Å². The second-order valence-corrected chi connectivity index (χ2v) is 6.97. The minimum atomic E-state index is -1.26. The van der Waals surface area contributed by atoms with Crippen LogP contribution in [0.2, 0.25) is 0 Å². The summed E-state index contributed by atoms with van der Waals surface area (Å²) in [5.74, 6) is 0. The molecule has 0 unspecified atom stereocenters. The summed E-state index contributed by atoms with van der Waals surface area (Å²) in [6.45, 7) is 5.66. The molecular weight excluding hydrogens is 248 g/mol. The van der Waals surface area contributed by atoms with Crippen molar-refractivity contribution in [2.75, 3.05) is 0 Å². The lowest BCUT2D eigenvalue weighted by molar-refractivity contribution is 0.651. The highest BCUT2D eigenvalue weighted by Crippen LogP contribution is 2.14. The van der Waals surface area contributed by atoms with Crippen LogP contribution in [0.5, 0.6) is 0 Å². The second-order valence-electron chi connectivity index (χ2n) is 5.03.